The molecule has 3 heteroatoms. The van der Waals surface area contributed by atoms with Crippen molar-refractivity contribution >= 4 is 5.78 Å². The molecular weight excluding hydrogens is 212 g/mol. The van der Waals surface area contributed by atoms with Gasteiger partial charge in [0.2, 0.25) is 0 Å². The van der Waals surface area contributed by atoms with E-state index in [0.717, 1.165) is 25.9 Å². The van der Waals surface area contributed by atoms with Crippen LogP contribution in [0.4, 0.5) is 0 Å². The predicted octanol–water partition coefficient (Wildman–Crippen LogP) is 1.63. The van der Waals surface area contributed by atoms with Crippen molar-refractivity contribution in [1.29, 1.82) is 0 Å². The minimum atomic E-state index is 0.378. The first kappa shape index (κ1) is 13.0. The molecule has 1 aliphatic carbocycles. The Balaban J connectivity index is 1.82. The summed E-state index contributed by atoms with van der Waals surface area (Å²) in [7, 11) is 4.28. The highest BCUT2D eigenvalue weighted by Gasteiger charge is 2.33. The molecule has 2 rings (SSSR count). The number of nitrogens with zero attached hydrogens (tertiary/aromatic N) is 2. The summed E-state index contributed by atoms with van der Waals surface area (Å²) in [6, 6.07) is 0.617. The number of ketones is 1. The second-order valence-electron chi connectivity index (χ2n) is 6.15. The summed E-state index contributed by atoms with van der Waals surface area (Å²) < 4.78 is 0. The van der Waals surface area contributed by atoms with E-state index in [2.05, 4.69) is 30.8 Å². The Morgan fingerprint density at radius 3 is 2.41 bits per heavy atom. The minimum absolute atomic E-state index is 0.378. The number of hydrogen-bond donors (Lipinski definition) is 0. The zero-order valence-corrected chi connectivity index (χ0v) is 11.5. The van der Waals surface area contributed by atoms with Crippen molar-refractivity contribution in [2.24, 2.45) is 11.8 Å². The second kappa shape index (κ2) is 5.49. The molecule has 1 heterocycles. The Labute approximate surface area is 105 Å². The van der Waals surface area contributed by atoms with Crippen LogP contribution in [-0.4, -0.2) is 55.4 Å². The van der Waals surface area contributed by atoms with Crippen LogP contribution in [0.3, 0.4) is 0 Å². The smallest absolute Gasteiger partial charge is 0.149 e. The zero-order valence-electron chi connectivity index (χ0n) is 11.5. The molecule has 2 atom stereocenters. The number of likely N-dealkylation sites (N-methyl/N-ethyl adjacent to an activating group) is 1. The quantitative estimate of drug-likeness (QED) is 0.744. The average molecular weight is 238 g/mol. The largest absolute Gasteiger partial charge is 0.305 e. The summed E-state index contributed by atoms with van der Waals surface area (Å²) in [5.74, 6) is 1.55. The van der Waals surface area contributed by atoms with Gasteiger partial charge in [0.25, 0.3) is 0 Å². The Bertz CT molecular complexity index is 271. The lowest BCUT2D eigenvalue weighted by molar-refractivity contribution is -0.123. The van der Waals surface area contributed by atoms with Crippen LogP contribution in [0.1, 0.15) is 32.6 Å². The van der Waals surface area contributed by atoms with Gasteiger partial charge in [0.05, 0.1) is 6.54 Å². The lowest BCUT2D eigenvalue weighted by atomic mass is 10.0. The molecule has 1 aliphatic heterocycles. The standard InChI is InChI=1S/C14H26N2O/c1-11-8-16(9-13(11)15(2)3)10-14(17)12-6-4-5-7-12/h11-13H,4-10H2,1-3H3. The SMILES string of the molecule is CC1CN(CC(=O)C2CCCC2)CC1N(C)C. The molecule has 17 heavy (non-hydrogen) atoms. The van der Waals surface area contributed by atoms with Gasteiger partial charge in [-0.15, -0.1) is 0 Å². The molecule has 0 aromatic heterocycles. The molecule has 0 spiro atoms. The van der Waals surface area contributed by atoms with E-state index in [9.17, 15) is 4.79 Å². The maximum Gasteiger partial charge on any atom is 0.149 e. The molecule has 0 aromatic rings. The van der Waals surface area contributed by atoms with Gasteiger partial charge in [-0.25, -0.2) is 0 Å². The van der Waals surface area contributed by atoms with Crippen LogP contribution in [0.15, 0.2) is 0 Å². The Morgan fingerprint density at radius 1 is 1.24 bits per heavy atom. The first-order valence-electron chi connectivity index (χ1n) is 6.99. The van der Waals surface area contributed by atoms with Crippen molar-refractivity contribution in [2.45, 2.75) is 38.6 Å². The van der Waals surface area contributed by atoms with Crippen molar-refractivity contribution in [3.63, 3.8) is 0 Å². The van der Waals surface area contributed by atoms with Gasteiger partial charge in [-0.05, 0) is 32.9 Å². The molecule has 2 fully saturated rings. The Hall–Kier alpha value is -0.410. The van der Waals surface area contributed by atoms with Gasteiger partial charge in [-0.2, -0.15) is 0 Å². The minimum Gasteiger partial charge on any atom is -0.305 e. The zero-order chi connectivity index (χ0) is 12.4. The van der Waals surface area contributed by atoms with E-state index >= 15 is 0 Å². The van der Waals surface area contributed by atoms with Crippen LogP contribution in [0.5, 0.6) is 0 Å². The molecule has 0 aromatic carbocycles. The molecule has 0 amide bonds. The number of carbonyl (C=O) groups excluding carboxylic acids is 1. The molecule has 3 nitrogen and oxygen atoms in total. The van der Waals surface area contributed by atoms with Gasteiger partial charge in [0.1, 0.15) is 5.78 Å². The maximum absolute atomic E-state index is 12.1. The van der Waals surface area contributed by atoms with Gasteiger partial charge in [-0.3, -0.25) is 9.69 Å². The Kier molecular flexibility index (Phi) is 4.21. The van der Waals surface area contributed by atoms with Crippen LogP contribution < -0.4 is 0 Å². The van der Waals surface area contributed by atoms with Crippen LogP contribution >= 0.6 is 0 Å². The summed E-state index contributed by atoms with van der Waals surface area (Å²) in [4.78, 5) is 16.8. The van der Waals surface area contributed by atoms with Crippen molar-refractivity contribution in [3.05, 3.63) is 0 Å². The highest BCUT2D eigenvalue weighted by molar-refractivity contribution is 5.83. The number of rotatable bonds is 4. The average Bonchev–Trinajstić information content (AvgIpc) is 2.86. The van der Waals surface area contributed by atoms with Crippen LogP contribution in [0.2, 0.25) is 0 Å². The number of hydrogen-bond acceptors (Lipinski definition) is 3. The third kappa shape index (κ3) is 3.08. The van der Waals surface area contributed by atoms with E-state index in [0.29, 0.717) is 30.2 Å². The van der Waals surface area contributed by atoms with E-state index in [1.807, 2.05) is 0 Å². The molecular formula is C14H26N2O. The summed E-state index contributed by atoms with van der Waals surface area (Å²) in [6.07, 6.45) is 4.79. The third-order valence-corrected chi connectivity index (χ3v) is 4.50. The number of carbonyl (C=O) groups is 1. The van der Waals surface area contributed by atoms with Crippen LogP contribution in [0.25, 0.3) is 0 Å². The van der Waals surface area contributed by atoms with E-state index in [1.54, 1.807) is 0 Å². The topological polar surface area (TPSA) is 23.6 Å². The lowest BCUT2D eigenvalue weighted by Crippen LogP contribution is -2.36. The van der Waals surface area contributed by atoms with Gasteiger partial charge in [-0.1, -0.05) is 19.8 Å². The fourth-order valence-corrected chi connectivity index (χ4v) is 3.45. The van der Waals surface area contributed by atoms with Crippen molar-refractivity contribution in [2.75, 3.05) is 33.7 Å². The van der Waals surface area contributed by atoms with Gasteiger partial charge in [0, 0.05) is 25.0 Å². The molecule has 0 radical (unpaired) electrons. The van der Waals surface area contributed by atoms with Crippen LogP contribution in [0, 0.1) is 11.8 Å². The Morgan fingerprint density at radius 2 is 1.88 bits per heavy atom. The van der Waals surface area contributed by atoms with E-state index in [-0.39, 0.29) is 0 Å². The molecule has 0 N–H and O–H groups in total. The van der Waals surface area contributed by atoms with Crippen molar-refractivity contribution in [3.8, 4) is 0 Å². The summed E-state index contributed by atoms with van der Waals surface area (Å²) in [5, 5.41) is 0. The molecule has 1 saturated heterocycles. The first-order chi connectivity index (χ1) is 8.08. The first-order valence-corrected chi connectivity index (χ1v) is 6.99. The molecule has 2 unspecified atom stereocenters. The fraction of sp³-hybridized carbons (Fsp3) is 0.929. The normalized spacial score (nSPS) is 31.5. The van der Waals surface area contributed by atoms with Crippen LogP contribution in [-0.2, 0) is 4.79 Å². The molecule has 2 aliphatic rings. The summed E-state index contributed by atoms with van der Waals surface area (Å²) in [6.45, 7) is 5.14. The molecule has 98 valence electrons. The lowest BCUT2D eigenvalue weighted by Gasteiger charge is -2.22. The maximum atomic E-state index is 12.1. The second-order valence-corrected chi connectivity index (χ2v) is 6.15. The summed E-state index contributed by atoms with van der Waals surface area (Å²) >= 11 is 0. The van der Waals surface area contributed by atoms with E-state index in [1.165, 1.54) is 12.8 Å². The highest BCUT2D eigenvalue weighted by atomic mass is 16.1. The van der Waals surface area contributed by atoms with E-state index < -0.39 is 0 Å². The highest BCUT2D eigenvalue weighted by Crippen LogP contribution is 2.27. The molecule has 1 saturated carbocycles. The number of likely N-dealkylation sites (tertiary alicyclic amines) is 1. The van der Waals surface area contributed by atoms with Crippen molar-refractivity contribution < 1.29 is 4.79 Å². The summed E-state index contributed by atoms with van der Waals surface area (Å²) in [5.41, 5.74) is 0. The van der Waals surface area contributed by atoms with E-state index in [4.69, 9.17) is 0 Å². The monoisotopic (exact) mass is 238 g/mol. The fourth-order valence-electron chi connectivity index (χ4n) is 3.45. The van der Waals surface area contributed by atoms with Crippen molar-refractivity contribution in [1.82, 2.24) is 9.80 Å². The van der Waals surface area contributed by atoms with Gasteiger partial charge < -0.3 is 4.90 Å². The molecule has 0 bridgehead atoms. The van der Waals surface area contributed by atoms with Gasteiger partial charge in [0.15, 0.2) is 0 Å². The number of Topliss-reactive ketones (excluding diaryl/α,β-unsaturated/α-hetero) is 1. The van der Waals surface area contributed by atoms with Gasteiger partial charge >= 0.3 is 0 Å². The third-order valence-electron chi connectivity index (χ3n) is 4.50. The predicted molar refractivity (Wildman–Crippen MR) is 70.0 cm³/mol.